The van der Waals surface area contributed by atoms with Crippen LogP contribution in [0, 0.1) is 0 Å². The quantitative estimate of drug-likeness (QED) is 0.698. The van der Waals surface area contributed by atoms with Crippen molar-refractivity contribution in [3.05, 3.63) is 92.1 Å². The lowest BCUT2D eigenvalue weighted by atomic mass is 10.1. The highest BCUT2D eigenvalue weighted by Crippen LogP contribution is 2.26. The first-order chi connectivity index (χ1) is 14.1. The van der Waals surface area contributed by atoms with Crippen LogP contribution in [0.4, 0.5) is 5.82 Å². The summed E-state index contributed by atoms with van der Waals surface area (Å²) in [7, 11) is 1.62. The Balaban J connectivity index is 1.64. The number of ether oxygens (including phenoxy) is 1. The van der Waals surface area contributed by atoms with Crippen molar-refractivity contribution in [1.82, 2.24) is 14.5 Å². The van der Waals surface area contributed by atoms with Crippen molar-refractivity contribution in [2.75, 3.05) is 19.1 Å². The molecule has 0 fully saturated rings. The number of hydrogen-bond donors (Lipinski definition) is 2. The minimum Gasteiger partial charge on any atom is -0.497 e. The molecule has 0 unspecified atom stereocenters. The minimum absolute atomic E-state index is 0.137. The first kappa shape index (κ1) is 19.0. The van der Waals surface area contributed by atoms with Gasteiger partial charge < -0.3 is 10.1 Å². The van der Waals surface area contributed by atoms with Gasteiger partial charge in [-0.15, -0.1) is 0 Å². The number of aromatic amines is 1. The van der Waals surface area contributed by atoms with Gasteiger partial charge in [-0.2, -0.15) is 0 Å². The maximum atomic E-state index is 12.5. The summed E-state index contributed by atoms with van der Waals surface area (Å²) in [6.07, 6.45) is 0. The van der Waals surface area contributed by atoms with Gasteiger partial charge in [0.1, 0.15) is 11.6 Å². The summed E-state index contributed by atoms with van der Waals surface area (Å²) in [6, 6.07) is 17.8. The zero-order chi connectivity index (χ0) is 20.4. The van der Waals surface area contributed by atoms with Crippen molar-refractivity contribution in [3.8, 4) is 5.75 Å². The van der Waals surface area contributed by atoms with Gasteiger partial charge >= 0.3 is 5.69 Å². The van der Waals surface area contributed by atoms with Crippen molar-refractivity contribution in [1.29, 1.82) is 0 Å². The number of nitrogens with zero attached hydrogens (tertiary/aromatic N) is 2. The molecule has 2 heterocycles. The van der Waals surface area contributed by atoms with E-state index in [0.29, 0.717) is 31.1 Å². The molecule has 1 aliphatic heterocycles. The first-order valence-corrected chi connectivity index (χ1v) is 9.58. The van der Waals surface area contributed by atoms with Gasteiger partial charge in [0, 0.05) is 12.6 Å². The molecule has 3 aromatic rings. The maximum absolute atomic E-state index is 12.5. The lowest BCUT2D eigenvalue weighted by Gasteiger charge is -2.35. The number of anilines is 1. The second-order valence-electron chi connectivity index (χ2n) is 7.19. The van der Waals surface area contributed by atoms with E-state index < -0.39 is 5.69 Å². The summed E-state index contributed by atoms with van der Waals surface area (Å²) in [5.41, 5.74) is 1.95. The number of H-pyrrole nitrogens is 1. The molecule has 7 heteroatoms. The van der Waals surface area contributed by atoms with E-state index in [1.807, 2.05) is 42.5 Å². The van der Waals surface area contributed by atoms with Gasteiger partial charge in [-0.25, -0.2) is 4.79 Å². The lowest BCUT2D eigenvalue weighted by Crippen LogP contribution is -2.44. The van der Waals surface area contributed by atoms with Crippen LogP contribution in [0.5, 0.6) is 5.75 Å². The molecule has 0 radical (unpaired) electrons. The molecule has 29 heavy (non-hydrogen) atoms. The lowest BCUT2D eigenvalue weighted by molar-refractivity contribution is 0.206. The number of rotatable bonds is 5. The molecule has 0 bridgehead atoms. The van der Waals surface area contributed by atoms with Gasteiger partial charge in [-0.3, -0.25) is 19.2 Å². The predicted octanol–water partition coefficient (Wildman–Crippen LogP) is 2.54. The molecule has 4 rings (SSSR count). The Bertz CT molecular complexity index is 1100. The Labute approximate surface area is 168 Å². The maximum Gasteiger partial charge on any atom is 0.330 e. The molecule has 1 atom stereocenters. The van der Waals surface area contributed by atoms with Gasteiger partial charge in [0.05, 0.1) is 25.9 Å². The summed E-state index contributed by atoms with van der Waals surface area (Å²) >= 11 is 0. The van der Waals surface area contributed by atoms with Crippen LogP contribution in [0.15, 0.2) is 64.2 Å². The molecule has 0 saturated heterocycles. The van der Waals surface area contributed by atoms with Crippen molar-refractivity contribution >= 4 is 5.82 Å². The third-order valence-corrected chi connectivity index (χ3v) is 5.44. The molecule has 0 spiro atoms. The Hall–Kier alpha value is -3.32. The molecule has 150 valence electrons. The number of methoxy groups -OCH3 is 1. The summed E-state index contributed by atoms with van der Waals surface area (Å²) in [4.78, 5) is 29.7. The van der Waals surface area contributed by atoms with Crippen LogP contribution in [0.25, 0.3) is 0 Å². The van der Waals surface area contributed by atoms with E-state index in [1.54, 1.807) is 11.7 Å². The Morgan fingerprint density at radius 2 is 1.79 bits per heavy atom. The summed E-state index contributed by atoms with van der Waals surface area (Å²) < 4.78 is 6.77. The monoisotopic (exact) mass is 392 g/mol. The second kappa shape index (κ2) is 7.97. The van der Waals surface area contributed by atoms with Gasteiger partial charge in [0.2, 0.25) is 0 Å². The third-order valence-electron chi connectivity index (χ3n) is 5.44. The molecule has 0 aliphatic carbocycles. The number of fused-ring (bicyclic) bond motifs is 1. The van der Waals surface area contributed by atoms with E-state index in [0.717, 1.165) is 11.3 Å². The van der Waals surface area contributed by atoms with Crippen molar-refractivity contribution in [3.63, 3.8) is 0 Å². The average molecular weight is 392 g/mol. The molecule has 0 saturated carbocycles. The van der Waals surface area contributed by atoms with E-state index in [1.165, 1.54) is 5.56 Å². The number of nitrogens with one attached hydrogen (secondary N) is 2. The molecule has 2 N–H and O–H groups in total. The van der Waals surface area contributed by atoms with Crippen LogP contribution in [0.2, 0.25) is 0 Å². The summed E-state index contributed by atoms with van der Waals surface area (Å²) in [5, 5.41) is 3.30. The Morgan fingerprint density at radius 1 is 1.07 bits per heavy atom. The zero-order valence-corrected chi connectivity index (χ0v) is 16.5. The summed E-state index contributed by atoms with van der Waals surface area (Å²) in [5.74, 6) is 1.35. The van der Waals surface area contributed by atoms with E-state index in [-0.39, 0.29) is 11.6 Å². The predicted molar refractivity (Wildman–Crippen MR) is 112 cm³/mol. The summed E-state index contributed by atoms with van der Waals surface area (Å²) in [6.45, 7) is 3.50. The van der Waals surface area contributed by atoms with E-state index in [2.05, 4.69) is 34.3 Å². The first-order valence-electron chi connectivity index (χ1n) is 9.58. The smallest absolute Gasteiger partial charge is 0.330 e. The fourth-order valence-corrected chi connectivity index (χ4v) is 3.68. The Kier molecular flexibility index (Phi) is 5.22. The molecule has 7 nitrogen and oxygen atoms in total. The average Bonchev–Trinajstić information content (AvgIpc) is 2.77. The third kappa shape index (κ3) is 3.82. The zero-order valence-electron chi connectivity index (χ0n) is 16.5. The number of benzene rings is 2. The van der Waals surface area contributed by atoms with Crippen molar-refractivity contribution in [2.45, 2.75) is 26.1 Å². The molecule has 1 aliphatic rings. The van der Waals surface area contributed by atoms with Gasteiger partial charge in [0.25, 0.3) is 5.56 Å². The largest absolute Gasteiger partial charge is 0.497 e. The van der Waals surface area contributed by atoms with E-state index in [9.17, 15) is 9.59 Å². The molecular weight excluding hydrogens is 368 g/mol. The SMILES string of the molecule is COc1ccc(Cn2c3c(c(=O)[nH]c2=O)CN([C@@H](C)c2ccccc2)CN3)cc1. The molecule has 1 aromatic heterocycles. The van der Waals surface area contributed by atoms with Crippen LogP contribution >= 0.6 is 0 Å². The molecule has 2 aromatic carbocycles. The van der Waals surface area contributed by atoms with Crippen LogP contribution in [0.3, 0.4) is 0 Å². The van der Waals surface area contributed by atoms with Gasteiger partial charge in [-0.1, -0.05) is 42.5 Å². The fraction of sp³-hybridized carbons (Fsp3) is 0.273. The Morgan fingerprint density at radius 3 is 2.48 bits per heavy atom. The number of aromatic nitrogens is 2. The minimum atomic E-state index is -0.415. The highest BCUT2D eigenvalue weighted by atomic mass is 16.5. The highest BCUT2D eigenvalue weighted by molar-refractivity contribution is 5.46. The standard InChI is InChI=1S/C22H24N4O3/c1-15(17-6-4-3-5-7-17)25-13-19-20(23-14-25)26(22(28)24-21(19)27)12-16-8-10-18(29-2)11-9-16/h3-11,15,23H,12-14H2,1-2H3,(H,24,27,28)/t15-/m0/s1. The second-order valence-corrected chi connectivity index (χ2v) is 7.19. The normalized spacial score (nSPS) is 14.7. The molecular formula is C22H24N4O3. The van der Waals surface area contributed by atoms with Crippen LogP contribution < -0.4 is 21.3 Å². The highest BCUT2D eigenvalue weighted by Gasteiger charge is 2.26. The van der Waals surface area contributed by atoms with E-state index >= 15 is 0 Å². The topological polar surface area (TPSA) is 79.4 Å². The van der Waals surface area contributed by atoms with E-state index in [4.69, 9.17) is 4.74 Å². The molecule has 0 amide bonds. The number of hydrogen-bond acceptors (Lipinski definition) is 5. The van der Waals surface area contributed by atoms with Gasteiger partial charge in [-0.05, 0) is 30.2 Å². The van der Waals surface area contributed by atoms with Crippen molar-refractivity contribution in [2.24, 2.45) is 0 Å². The van der Waals surface area contributed by atoms with Crippen LogP contribution in [0.1, 0.15) is 29.7 Å². The van der Waals surface area contributed by atoms with Crippen molar-refractivity contribution < 1.29 is 4.74 Å². The van der Waals surface area contributed by atoms with Crippen LogP contribution in [-0.2, 0) is 13.1 Å². The van der Waals surface area contributed by atoms with Gasteiger partial charge in [0.15, 0.2) is 0 Å². The van der Waals surface area contributed by atoms with Crippen LogP contribution in [-0.4, -0.2) is 28.2 Å². The fourth-order valence-electron chi connectivity index (χ4n) is 3.68.